The molecule has 0 fully saturated rings. The van der Waals surface area contributed by atoms with E-state index in [0.717, 1.165) is 0 Å². The number of oxazole rings is 1. The van der Waals surface area contributed by atoms with Crippen LogP contribution in [0.25, 0.3) is 0 Å². The van der Waals surface area contributed by atoms with E-state index >= 15 is 0 Å². The summed E-state index contributed by atoms with van der Waals surface area (Å²) in [6.45, 7) is 0.300. The predicted octanol–water partition coefficient (Wildman–Crippen LogP) is 3.23. The average Bonchev–Trinajstić information content (AvgIpc) is 2.71. The third-order valence-electron chi connectivity index (χ3n) is 1.84. The Balaban J connectivity index is 2.17. The smallest absolute Gasteiger partial charge is 0.399 e. The van der Waals surface area contributed by atoms with Crippen molar-refractivity contribution in [1.29, 1.82) is 0 Å². The first-order chi connectivity index (χ1) is 7.69. The highest BCUT2D eigenvalue weighted by Gasteiger charge is 2.06. The van der Waals surface area contributed by atoms with Gasteiger partial charge in [-0.25, -0.2) is 0 Å². The van der Waals surface area contributed by atoms with Crippen molar-refractivity contribution in [2.45, 2.75) is 6.54 Å². The average molecular weight is 259 g/mol. The van der Waals surface area contributed by atoms with Crippen LogP contribution in [-0.2, 0) is 6.54 Å². The first-order valence-electron chi connectivity index (χ1n) is 4.46. The van der Waals surface area contributed by atoms with Crippen LogP contribution in [-0.4, -0.2) is 4.98 Å². The Morgan fingerprint density at radius 1 is 1.31 bits per heavy atom. The molecule has 1 heterocycles. The van der Waals surface area contributed by atoms with Crippen LogP contribution in [0.2, 0.25) is 10.0 Å². The lowest BCUT2D eigenvalue weighted by Gasteiger charge is -2.01. The van der Waals surface area contributed by atoms with Crippen LogP contribution in [0.4, 0.5) is 0 Å². The fraction of sp³-hybridized carbons (Fsp3) is 0.100. The van der Waals surface area contributed by atoms with E-state index < -0.39 is 0 Å². The molecule has 2 aromatic rings. The molecule has 16 heavy (non-hydrogen) atoms. The van der Waals surface area contributed by atoms with Crippen LogP contribution >= 0.6 is 23.2 Å². The van der Waals surface area contributed by atoms with Gasteiger partial charge in [-0.2, -0.15) is 4.98 Å². The molecule has 0 bridgehead atoms. The number of nitrogens with two attached hydrogens (primary N) is 1. The Morgan fingerprint density at radius 3 is 2.75 bits per heavy atom. The van der Waals surface area contributed by atoms with Crippen LogP contribution < -0.4 is 10.5 Å². The van der Waals surface area contributed by atoms with Gasteiger partial charge in [0, 0.05) is 12.6 Å². The Morgan fingerprint density at radius 2 is 2.12 bits per heavy atom. The van der Waals surface area contributed by atoms with E-state index in [2.05, 4.69) is 4.98 Å². The van der Waals surface area contributed by atoms with Gasteiger partial charge in [-0.05, 0) is 12.1 Å². The Bertz CT molecular complexity index is 499. The van der Waals surface area contributed by atoms with Gasteiger partial charge in [0.25, 0.3) is 0 Å². The topological polar surface area (TPSA) is 61.3 Å². The number of hydrogen-bond acceptors (Lipinski definition) is 4. The number of ether oxygens (including phenoxy) is 1. The van der Waals surface area contributed by atoms with E-state index in [-0.39, 0.29) is 6.08 Å². The van der Waals surface area contributed by atoms with Crippen molar-refractivity contribution in [2.24, 2.45) is 5.73 Å². The van der Waals surface area contributed by atoms with Crippen molar-refractivity contribution in [1.82, 2.24) is 4.98 Å². The largest absolute Gasteiger partial charge is 0.417 e. The zero-order valence-electron chi connectivity index (χ0n) is 8.11. The second-order valence-corrected chi connectivity index (χ2v) is 3.80. The molecule has 6 heteroatoms. The van der Waals surface area contributed by atoms with E-state index in [1.165, 1.54) is 6.26 Å². The summed E-state index contributed by atoms with van der Waals surface area (Å²) in [5, 5.41) is 0.869. The fourth-order valence-corrected chi connectivity index (χ4v) is 1.36. The molecular weight excluding hydrogens is 251 g/mol. The van der Waals surface area contributed by atoms with E-state index in [1.54, 1.807) is 18.2 Å². The number of aromatic nitrogens is 1. The number of rotatable bonds is 3. The SMILES string of the molecule is NCc1coc(Oc2ccc(Cl)c(Cl)c2)n1. The molecule has 1 aromatic carbocycles. The second-order valence-electron chi connectivity index (χ2n) is 2.99. The van der Waals surface area contributed by atoms with E-state index in [1.807, 2.05) is 0 Å². The van der Waals surface area contributed by atoms with Crippen LogP contribution in [0.1, 0.15) is 5.69 Å². The van der Waals surface area contributed by atoms with Crippen molar-refractivity contribution >= 4 is 23.2 Å². The molecule has 0 radical (unpaired) electrons. The molecule has 4 nitrogen and oxygen atoms in total. The zero-order chi connectivity index (χ0) is 11.5. The highest BCUT2D eigenvalue weighted by Crippen LogP contribution is 2.28. The Kier molecular flexibility index (Phi) is 3.33. The van der Waals surface area contributed by atoms with Gasteiger partial charge in [0.1, 0.15) is 12.0 Å². The Labute approximate surface area is 102 Å². The van der Waals surface area contributed by atoms with E-state index in [9.17, 15) is 0 Å². The molecule has 0 aliphatic heterocycles. The summed E-state index contributed by atoms with van der Waals surface area (Å²) < 4.78 is 10.4. The lowest BCUT2D eigenvalue weighted by Crippen LogP contribution is -1.95. The molecule has 0 saturated heterocycles. The third-order valence-corrected chi connectivity index (χ3v) is 2.58. The fourth-order valence-electron chi connectivity index (χ4n) is 1.07. The lowest BCUT2D eigenvalue weighted by molar-refractivity contribution is 0.331. The van der Waals surface area contributed by atoms with Crippen LogP contribution in [0.3, 0.4) is 0 Å². The molecule has 2 N–H and O–H groups in total. The normalized spacial score (nSPS) is 10.4. The molecule has 0 spiro atoms. The minimum absolute atomic E-state index is 0.124. The van der Waals surface area contributed by atoms with Crippen molar-refractivity contribution in [2.75, 3.05) is 0 Å². The maximum absolute atomic E-state index is 5.83. The number of hydrogen-bond donors (Lipinski definition) is 1. The quantitative estimate of drug-likeness (QED) is 0.919. The van der Waals surface area contributed by atoms with Crippen molar-refractivity contribution < 1.29 is 9.15 Å². The third kappa shape index (κ3) is 2.47. The number of benzene rings is 1. The van der Waals surface area contributed by atoms with Gasteiger partial charge in [-0.1, -0.05) is 23.2 Å². The Hall–Kier alpha value is -1.23. The van der Waals surface area contributed by atoms with Crippen LogP contribution in [0, 0.1) is 0 Å². The zero-order valence-corrected chi connectivity index (χ0v) is 9.63. The number of nitrogens with zero attached hydrogens (tertiary/aromatic N) is 1. The molecular formula is C10H8Cl2N2O2. The van der Waals surface area contributed by atoms with Crippen LogP contribution in [0.5, 0.6) is 11.8 Å². The maximum Gasteiger partial charge on any atom is 0.399 e. The van der Waals surface area contributed by atoms with Crippen molar-refractivity contribution in [3.63, 3.8) is 0 Å². The molecule has 0 aliphatic rings. The van der Waals surface area contributed by atoms with Gasteiger partial charge in [0.2, 0.25) is 0 Å². The van der Waals surface area contributed by atoms with Crippen molar-refractivity contribution in [3.8, 4) is 11.8 Å². The second kappa shape index (κ2) is 4.74. The van der Waals surface area contributed by atoms with Crippen molar-refractivity contribution in [3.05, 3.63) is 40.2 Å². The molecule has 0 aliphatic carbocycles. The van der Waals surface area contributed by atoms with Gasteiger partial charge in [-0.15, -0.1) is 0 Å². The monoisotopic (exact) mass is 258 g/mol. The summed E-state index contributed by atoms with van der Waals surface area (Å²) in [4.78, 5) is 3.99. The summed E-state index contributed by atoms with van der Waals surface area (Å²) in [6, 6.07) is 4.88. The highest BCUT2D eigenvalue weighted by molar-refractivity contribution is 6.42. The lowest BCUT2D eigenvalue weighted by atomic mass is 10.3. The number of halogens is 2. The van der Waals surface area contributed by atoms with Crippen LogP contribution in [0.15, 0.2) is 28.9 Å². The first-order valence-corrected chi connectivity index (χ1v) is 5.22. The molecule has 0 atom stereocenters. The summed E-state index contributed by atoms with van der Waals surface area (Å²) in [5.74, 6) is 0.500. The maximum atomic E-state index is 5.83. The summed E-state index contributed by atoms with van der Waals surface area (Å²) in [6.07, 6.45) is 1.56. The standard InChI is InChI=1S/C10H8Cl2N2O2/c11-8-2-1-7(3-9(8)12)16-10-14-6(4-13)5-15-10/h1-3,5H,4,13H2. The highest BCUT2D eigenvalue weighted by atomic mass is 35.5. The molecule has 1 aromatic heterocycles. The molecule has 2 rings (SSSR count). The molecule has 0 unspecified atom stereocenters. The molecule has 84 valence electrons. The first kappa shape index (κ1) is 11.3. The van der Waals surface area contributed by atoms with Gasteiger partial charge < -0.3 is 14.9 Å². The molecule has 0 saturated carbocycles. The minimum atomic E-state index is 0.124. The minimum Gasteiger partial charge on any atom is -0.417 e. The molecule has 0 amide bonds. The summed E-state index contributed by atoms with van der Waals surface area (Å²) >= 11 is 11.6. The summed E-state index contributed by atoms with van der Waals surface area (Å²) in [7, 11) is 0. The van der Waals surface area contributed by atoms with E-state index in [4.69, 9.17) is 38.1 Å². The predicted molar refractivity (Wildman–Crippen MR) is 60.9 cm³/mol. The van der Waals surface area contributed by atoms with Gasteiger partial charge >= 0.3 is 6.08 Å². The van der Waals surface area contributed by atoms with E-state index in [0.29, 0.717) is 28.0 Å². The van der Waals surface area contributed by atoms with Gasteiger partial charge in [-0.3, -0.25) is 0 Å². The van der Waals surface area contributed by atoms with Gasteiger partial charge in [0.05, 0.1) is 15.7 Å². The van der Waals surface area contributed by atoms with Gasteiger partial charge in [0.15, 0.2) is 0 Å². The summed E-state index contributed by atoms with van der Waals surface area (Å²) in [5.41, 5.74) is 6.00.